The number of nitrogens with one attached hydrogen (secondary N) is 1. The van der Waals surface area contributed by atoms with Gasteiger partial charge in [-0.1, -0.05) is 11.6 Å². The molecule has 0 bridgehead atoms. The predicted octanol–water partition coefficient (Wildman–Crippen LogP) is 1.68. The molecule has 2 amide bonds. The van der Waals surface area contributed by atoms with E-state index in [1.54, 1.807) is 12.2 Å². The lowest BCUT2D eigenvalue weighted by Crippen LogP contribution is -2.34. The van der Waals surface area contributed by atoms with Crippen molar-refractivity contribution in [2.45, 2.75) is 6.92 Å². The predicted molar refractivity (Wildman–Crippen MR) is 73.6 cm³/mol. The summed E-state index contributed by atoms with van der Waals surface area (Å²) in [7, 11) is 0. The van der Waals surface area contributed by atoms with Crippen molar-refractivity contribution in [2.75, 3.05) is 13.2 Å². The van der Waals surface area contributed by atoms with Gasteiger partial charge in [-0.3, -0.25) is 20.2 Å². The number of carbonyl (C=O) groups is 3. The van der Waals surface area contributed by atoms with Crippen molar-refractivity contribution < 1.29 is 28.8 Å². The van der Waals surface area contributed by atoms with Gasteiger partial charge in [0, 0.05) is 11.1 Å². The van der Waals surface area contributed by atoms with Crippen molar-refractivity contribution in [1.29, 1.82) is 0 Å². The Morgan fingerprint density at radius 1 is 1.32 bits per heavy atom. The number of halogens is 1. The third-order valence-electron chi connectivity index (χ3n) is 2.23. The second-order valence-corrected chi connectivity index (χ2v) is 4.20. The van der Waals surface area contributed by atoms with Crippen molar-refractivity contribution in [3.63, 3.8) is 0 Å². The number of imide groups is 1. The van der Waals surface area contributed by atoms with Gasteiger partial charge in [0.25, 0.3) is 11.6 Å². The normalized spacial score (nSPS) is 9.73. The van der Waals surface area contributed by atoms with Crippen molar-refractivity contribution in [3.8, 4) is 0 Å². The Morgan fingerprint density at radius 3 is 2.59 bits per heavy atom. The summed E-state index contributed by atoms with van der Waals surface area (Å²) < 4.78 is 9.05. The van der Waals surface area contributed by atoms with E-state index in [2.05, 4.69) is 9.47 Å². The fourth-order valence-electron chi connectivity index (χ4n) is 1.35. The molecular formula is C12H11ClN2O7. The maximum atomic E-state index is 11.7. The summed E-state index contributed by atoms with van der Waals surface area (Å²) >= 11 is 5.61. The number of esters is 1. The molecule has 10 heteroatoms. The molecule has 0 aliphatic carbocycles. The van der Waals surface area contributed by atoms with Gasteiger partial charge in [-0.15, -0.1) is 0 Å². The molecule has 0 saturated carbocycles. The van der Waals surface area contributed by atoms with E-state index in [0.29, 0.717) is 0 Å². The van der Waals surface area contributed by atoms with Crippen LogP contribution in [0.1, 0.15) is 17.3 Å². The smallest absolute Gasteiger partial charge is 0.413 e. The first-order valence-electron chi connectivity index (χ1n) is 5.92. The average molecular weight is 331 g/mol. The quantitative estimate of drug-likeness (QED) is 0.494. The van der Waals surface area contributed by atoms with Crippen LogP contribution in [0.2, 0.25) is 5.02 Å². The zero-order valence-electron chi connectivity index (χ0n) is 11.3. The number of benzene rings is 1. The highest BCUT2D eigenvalue weighted by Crippen LogP contribution is 2.23. The minimum Gasteiger partial charge on any atom is -0.452 e. The molecule has 0 aliphatic heterocycles. The van der Waals surface area contributed by atoms with E-state index in [4.69, 9.17) is 11.6 Å². The summed E-state index contributed by atoms with van der Waals surface area (Å²) in [6.45, 7) is 0.817. The van der Waals surface area contributed by atoms with Crippen LogP contribution in [0.5, 0.6) is 0 Å². The van der Waals surface area contributed by atoms with Crippen LogP contribution in [-0.2, 0) is 14.3 Å². The molecule has 0 heterocycles. The van der Waals surface area contributed by atoms with Crippen LogP contribution in [0, 0.1) is 10.1 Å². The van der Waals surface area contributed by atoms with Crippen LogP contribution in [-0.4, -0.2) is 36.1 Å². The Hall–Kier alpha value is -2.68. The van der Waals surface area contributed by atoms with Crippen LogP contribution in [0.4, 0.5) is 10.5 Å². The molecular weight excluding hydrogens is 320 g/mol. The molecule has 0 spiro atoms. The van der Waals surface area contributed by atoms with E-state index in [0.717, 1.165) is 12.1 Å². The number of hydrogen-bond acceptors (Lipinski definition) is 7. The fourth-order valence-corrected chi connectivity index (χ4v) is 1.52. The second-order valence-electron chi connectivity index (χ2n) is 3.76. The lowest BCUT2D eigenvalue weighted by molar-refractivity contribution is -0.385. The number of nitro groups is 1. The van der Waals surface area contributed by atoms with E-state index in [1.807, 2.05) is 0 Å². The maximum Gasteiger partial charge on any atom is 0.413 e. The number of amides is 2. The summed E-state index contributed by atoms with van der Waals surface area (Å²) in [6.07, 6.45) is -0.985. The molecule has 1 rings (SSSR count). The monoisotopic (exact) mass is 330 g/mol. The molecule has 9 nitrogen and oxygen atoms in total. The van der Waals surface area contributed by atoms with Gasteiger partial charge in [0.1, 0.15) is 5.56 Å². The van der Waals surface area contributed by atoms with Gasteiger partial charge in [-0.05, 0) is 19.1 Å². The minimum absolute atomic E-state index is 0.0653. The molecule has 0 saturated heterocycles. The van der Waals surface area contributed by atoms with Crippen molar-refractivity contribution in [1.82, 2.24) is 5.32 Å². The molecule has 118 valence electrons. The molecule has 1 aromatic rings. The Labute approximate surface area is 129 Å². The Morgan fingerprint density at radius 2 is 2.00 bits per heavy atom. The molecule has 0 aliphatic rings. The van der Waals surface area contributed by atoms with Gasteiger partial charge in [0.15, 0.2) is 6.61 Å². The number of hydrogen-bond donors (Lipinski definition) is 1. The highest BCUT2D eigenvalue weighted by molar-refractivity contribution is 6.31. The summed E-state index contributed by atoms with van der Waals surface area (Å²) in [5.41, 5.74) is -0.915. The molecule has 0 unspecified atom stereocenters. The van der Waals surface area contributed by atoms with E-state index in [-0.39, 0.29) is 17.2 Å². The molecule has 1 N–H and O–H groups in total. The van der Waals surface area contributed by atoms with Crippen LogP contribution in [0.25, 0.3) is 0 Å². The SMILES string of the molecule is CCOC(=O)NC(=O)COC(=O)c1ccc(Cl)cc1[N+](=O)[O-]. The Kier molecular flexibility index (Phi) is 6.26. The van der Waals surface area contributed by atoms with Crippen molar-refractivity contribution in [2.24, 2.45) is 0 Å². The first kappa shape index (κ1) is 17.4. The lowest BCUT2D eigenvalue weighted by Gasteiger charge is -2.06. The van der Waals surface area contributed by atoms with Gasteiger partial charge < -0.3 is 9.47 Å². The van der Waals surface area contributed by atoms with Crippen LogP contribution in [0.3, 0.4) is 0 Å². The van der Waals surface area contributed by atoms with Gasteiger partial charge in [0.2, 0.25) is 0 Å². The number of carbonyl (C=O) groups excluding carboxylic acids is 3. The van der Waals surface area contributed by atoms with Crippen LogP contribution in [0.15, 0.2) is 18.2 Å². The van der Waals surface area contributed by atoms with Crippen molar-refractivity contribution in [3.05, 3.63) is 38.9 Å². The molecule has 0 radical (unpaired) electrons. The topological polar surface area (TPSA) is 125 Å². The van der Waals surface area contributed by atoms with Gasteiger partial charge in [-0.2, -0.15) is 0 Å². The lowest BCUT2D eigenvalue weighted by atomic mass is 10.2. The molecule has 0 aromatic heterocycles. The van der Waals surface area contributed by atoms with E-state index in [9.17, 15) is 24.5 Å². The zero-order chi connectivity index (χ0) is 16.7. The van der Waals surface area contributed by atoms with Crippen LogP contribution < -0.4 is 5.32 Å². The summed E-state index contributed by atoms with van der Waals surface area (Å²) in [4.78, 5) is 44.0. The number of nitro benzene ring substituents is 1. The van der Waals surface area contributed by atoms with Gasteiger partial charge in [-0.25, -0.2) is 9.59 Å². The first-order valence-corrected chi connectivity index (χ1v) is 6.30. The van der Waals surface area contributed by atoms with E-state index in [1.165, 1.54) is 6.07 Å². The largest absolute Gasteiger partial charge is 0.452 e. The highest BCUT2D eigenvalue weighted by Gasteiger charge is 2.22. The Balaban J connectivity index is 2.68. The molecule has 0 atom stereocenters. The van der Waals surface area contributed by atoms with Crippen molar-refractivity contribution >= 4 is 35.3 Å². The number of ether oxygens (including phenoxy) is 2. The highest BCUT2D eigenvalue weighted by atomic mass is 35.5. The van der Waals surface area contributed by atoms with Gasteiger partial charge in [0.05, 0.1) is 11.5 Å². The first-order chi connectivity index (χ1) is 10.3. The Bertz CT molecular complexity index is 617. The summed E-state index contributed by atoms with van der Waals surface area (Å²) in [5.74, 6) is -2.02. The van der Waals surface area contributed by atoms with E-state index < -0.39 is 35.2 Å². The fraction of sp³-hybridized carbons (Fsp3) is 0.250. The van der Waals surface area contributed by atoms with E-state index >= 15 is 0 Å². The zero-order valence-corrected chi connectivity index (χ0v) is 12.1. The average Bonchev–Trinajstić information content (AvgIpc) is 2.44. The minimum atomic E-state index is -1.10. The molecule has 0 fully saturated rings. The standard InChI is InChI=1S/C12H11ClN2O7/c1-2-21-12(18)14-10(16)6-22-11(17)8-4-3-7(13)5-9(8)15(19)20/h3-5H,2,6H2,1H3,(H,14,16,18). The summed E-state index contributed by atoms with van der Waals surface area (Å²) in [5, 5.41) is 12.7. The third kappa shape index (κ3) is 5.02. The second kappa shape index (κ2) is 7.93. The number of rotatable bonds is 5. The number of alkyl carbamates (subject to hydrolysis) is 1. The summed E-state index contributed by atoms with van der Waals surface area (Å²) in [6, 6.07) is 3.35. The third-order valence-corrected chi connectivity index (χ3v) is 2.46. The van der Waals surface area contributed by atoms with Gasteiger partial charge >= 0.3 is 12.1 Å². The maximum absolute atomic E-state index is 11.7. The number of nitrogens with zero attached hydrogens (tertiary/aromatic N) is 1. The van der Waals surface area contributed by atoms with Crippen LogP contribution >= 0.6 is 11.6 Å². The molecule has 1 aromatic carbocycles. The molecule has 22 heavy (non-hydrogen) atoms.